The molecule has 29 heavy (non-hydrogen) atoms. The molecule has 0 saturated carbocycles. The van der Waals surface area contributed by atoms with Crippen molar-refractivity contribution in [2.45, 2.75) is 20.3 Å². The molecule has 1 heterocycles. The first kappa shape index (κ1) is 21.1. The molecule has 0 aliphatic carbocycles. The van der Waals surface area contributed by atoms with E-state index in [9.17, 15) is 4.79 Å². The maximum atomic E-state index is 12.1. The van der Waals surface area contributed by atoms with Crippen LogP contribution in [0.2, 0.25) is 5.02 Å². The van der Waals surface area contributed by atoms with Gasteiger partial charge < -0.3 is 9.30 Å². The monoisotopic (exact) mass is 473 g/mol. The van der Waals surface area contributed by atoms with E-state index in [2.05, 4.69) is 31.0 Å². The van der Waals surface area contributed by atoms with Gasteiger partial charge in [0, 0.05) is 26.4 Å². The highest BCUT2D eigenvalue weighted by molar-refractivity contribution is 9.10. The van der Waals surface area contributed by atoms with Crippen LogP contribution in [0, 0.1) is 13.8 Å². The number of nitrogens with zero attached hydrogens (tertiary/aromatic N) is 2. The molecule has 0 aliphatic heterocycles. The molecule has 3 rings (SSSR count). The smallest absolute Gasteiger partial charge is 0.244 e. The fourth-order valence-corrected chi connectivity index (χ4v) is 3.56. The number of hydrogen-bond acceptors (Lipinski definition) is 3. The van der Waals surface area contributed by atoms with Crippen LogP contribution < -0.4 is 10.2 Å². The maximum Gasteiger partial charge on any atom is 0.244 e. The zero-order valence-electron chi connectivity index (χ0n) is 16.4. The third-order valence-corrected chi connectivity index (χ3v) is 5.29. The zero-order chi connectivity index (χ0) is 21.0. The normalized spacial score (nSPS) is 11.1. The second-order valence-corrected chi connectivity index (χ2v) is 7.93. The second-order valence-electron chi connectivity index (χ2n) is 6.57. The average molecular weight is 475 g/mol. The summed E-state index contributed by atoms with van der Waals surface area (Å²) in [5.74, 6) is 0.552. The molecule has 0 saturated heterocycles. The number of amides is 1. The highest BCUT2D eigenvalue weighted by Gasteiger charge is 2.14. The van der Waals surface area contributed by atoms with Crippen molar-refractivity contribution in [1.82, 2.24) is 9.99 Å². The summed E-state index contributed by atoms with van der Waals surface area (Å²) in [5.41, 5.74) is 7.23. The molecule has 1 aromatic heterocycles. The van der Waals surface area contributed by atoms with Crippen molar-refractivity contribution < 1.29 is 9.53 Å². The molecular formula is C22H21BrClN3O2. The lowest BCUT2D eigenvalue weighted by atomic mass is 10.1. The van der Waals surface area contributed by atoms with E-state index in [-0.39, 0.29) is 12.3 Å². The van der Waals surface area contributed by atoms with Gasteiger partial charge >= 0.3 is 0 Å². The number of hydrogen-bond donors (Lipinski definition) is 1. The summed E-state index contributed by atoms with van der Waals surface area (Å²) in [4.78, 5) is 12.1. The molecule has 0 fully saturated rings. The van der Waals surface area contributed by atoms with Crippen LogP contribution >= 0.6 is 27.5 Å². The van der Waals surface area contributed by atoms with Crippen molar-refractivity contribution in [3.63, 3.8) is 0 Å². The fourth-order valence-electron chi connectivity index (χ4n) is 3.13. The van der Waals surface area contributed by atoms with E-state index in [4.69, 9.17) is 16.3 Å². The molecule has 1 amide bonds. The van der Waals surface area contributed by atoms with E-state index in [1.807, 2.05) is 56.3 Å². The van der Waals surface area contributed by atoms with E-state index in [0.29, 0.717) is 5.02 Å². The first-order valence-electron chi connectivity index (χ1n) is 8.98. The molecule has 0 atom stereocenters. The summed E-state index contributed by atoms with van der Waals surface area (Å²) in [6, 6.07) is 15.1. The van der Waals surface area contributed by atoms with Crippen LogP contribution in [-0.2, 0) is 11.2 Å². The van der Waals surface area contributed by atoms with E-state index in [1.54, 1.807) is 19.4 Å². The molecule has 1 N–H and O–H groups in total. The van der Waals surface area contributed by atoms with Gasteiger partial charge in [0.2, 0.25) is 5.91 Å². The molecule has 0 spiro atoms. The number of ether oxygens (including phenoxy) is 1. The van der Waals surface area contributed by atoms with Crippen molar-refractivity contribution in [2.75, 3.05) is 7.11 Å². The Labute approximate surface area is 183 Å². The topological polar surface area (TPSA) is 55.6 Å². The quantitative estimate of drug-likeness (QED) is 0.394. The van der Waals surface area contributed by atoms with Crippen molar-refractivity contribution in [3.8, 4) is 11.4 Å². The first-order chi connectivity index (χ1) is 13.9. The lowest BCUT2D eigenvalue weighted by molar-refractivity contribution is -0.120. The van der Waals surface area contributed by atoms with E-state index in [1.165, 1.54) is 0 Å². The van der Waals surface area contributed by atoms with E-state index < -0.39 is 0 Å². The highest BCUT2D eigenvalue weighted by atomic mass is 79.9. The summed E-state index contributed by atoms with van der Waals surface area (Å²) in [5, 5.41) is 4.75. The molecule has 0 bridgehead atoms. The number of carbonyl (C=O) groups excluding carboxylic acids is 1. The van der Waals surface area contributed by atoms with Gasteiger partial charge in [0.05, 0.1) is 25.4 Å². The van der Waals surface area contributed by atoms with Gasteiger partial charge in [-0.2, -0.15) is 5.10 Å². The highest BCUT2D eigenvalue weighted by Crippen LogP contribution is 2.30. The summed E-state index contributed by atoms with van der Waals surface area (Å²) >= 11 is 9.57. The van der Waals surface area contributed by atoms with Crippen LogP contribution in [0.25, 0.3) is 5.69 Å². The van der Waals surface area contributed by atoms with Gasteiger partial charge in [-0.25, -0.2) is 5.43 Å². The zero-order valence-corrected chi connectivity index (χ0v) is 18.7. The van der Waals surface area contributed by atoms with Gasteiger partial charge in [-0.1, -0.05) is 39.7 Å². The molecule has 0 radical (unpaired) electrons. The minimum Gasteiger partial charge on any atom is -0.495 e. The summed E-state index contributed by atoms with van der Waals surface area (Å²) in [6.07, 6.45) is 1.92. The number of hydrazone groups is 1. The van der Waals surface area contributed by atoms with Crippen LogP contribution in [0.3, 0.4) is 0 Å². The standard InChI is InChI=1S/C22H21BrClN3O2/c1-14-10-17(13-25-26-22(28)11-16-4-6-18(23)7-5-16)15(2)27(14)20-12-19(24)8-9-21(20)29-3/h4-10,12-13H,11H2,1-3H3,(H,26,28)/b25-13-. The van der Waals surface area contributed by atoms with Crippen LogP contribution in [0.4, 0.5) is 0 Å². The fraction of sp³-hybridized carbons (Fsp3) is 0.182. The summed E-state index contributed by atoms with van der Waals surface area (Å²) < 4.78 is 8.51. The molecule has 0 unspecified atom stereocenters. The Kier molecular flexibility index (Phi) is 6.77. The first-order valence-corrected chi connectivity index (χ1v) is 10.2. The molecule has 2 aromatic carbocycles. The minimum atomic E-state index is -0.172. The largest absolute Gasteiger partial charge is 0.495 e. The Bertz CT molecular complexity index is 1060. The summed E-state index contributed by atoms with van der Waals surface area (Å²) in [7, 11) is 1.63. The molecule has 150 valence electrons. The predicted molar refractivity (Wildman–Crippen MR) is 120 cm³/mol. The molecule has 0 aliphatic rings. The minimum absolute atomic E-state index is 0.172. The van der Waals surface area contributed by atoms with Crippen molar-refractivity contribution >= 4 is 39.7 Å². The third-order valence-electron chi connectivity index (χ3n) is 4.52. The maximum absolute atomic E-state index is 12.1. The van der Waals surface area contributed by atoms with E-state index in [0.717, 1.165) is 38.4 Å². The molecule has 3 aromatic rings. The molecule has 5 nitrogen and oxygen atoms in total. The average Bonchev–Trinajstić information content (AvgIpc) is 2.97. The van der Waals surface area contributed by atoms with E-state index >= 15 is 0 Å². The SMILES string of the molecule is COc1ccc(Cl)cc1-n1c(C)cc(/C=N\NC(=O)Cc2ccc(Br)cc2)c1C. The third kappa shape index (κ3) is 5.08. The van der Waals surface area contributed by atoms with Crippen LogP contribution in [0.1, 0.15) is 22.5 Å². The number of aromatic nitrogens is 1. The number of halogens is 2. The number of nitrogens with one attached hydrogen (secondary N) is 1. The van der Waals surface area contributed by atoms with Gasteiger partial charge in [0.25, 0.3) is 0 Å². The Morgan fingerprint density at radius 3 is 2.62 bits per heavy atom. The van der Waals surface area contributed by atoms with Crippen molar-refractivity contribution in [3.05, 3.63) is 80.5 Å². The Morgan fingerprint density at radius 1 is 1.21 bits per heavy atom. The second kappa shape index (κ2) is 9.29. The number of benzene rings is 2. The lowest BCUT2D eigenvalue weighted by Crippen LogP contribution is -2.19. The number of carbonyl (C=O) groups is 1. The Balaban J connectivity index is 1.76. The summed E-state index contributed by atoms with van der Waals surface area (Å²) in [6.45, 7) is 3.98. The predicted octanol–water partition coefficient (Wildman–Crippen LogP) is 5.21. The van der Waals surface area contributed by atoms with Crippen molar-refractivity contribution in [2.24, 2.45) is 5.10 Å². The lowest BCUT2D eigenvalue weighted by Gasteiger charge is -2.14. The van der Waals surface area contributed by atoms with Gasteiger partial charge in [0.15, 0.2) is 0 Å². The number of rotatable bonds is 6. The Morgan fingerprint density at radius 2 is 1.93 bits per heavy atom. The van der Waals surface area contributed by atoms with Gasteiger partial charge in [0.1, 0.15) is 5.75 Å². The molecular weight excluding hydrogens is 454 g/mol. The van der Waals surface area contributed by atoms with Gasteiger partial charge in [-0.05, 0) is 55.8 Å². The number of methoxy groups -OCH3 is 1. The molecule has 7 heteroatoms. The van der Waals surface area contributed by atoms with Gasteiger partial charge in [-0.3, -0.25) is 4.79 Å². The van der Waals surface area contributed by atoms with Crippen LogP contribution in [0.15, 0.2) is 58.1 Å². The Hall–Kier alpha value is -2.57. The van der Waals surface area contributed by atoms with Gasteiger partial charge in [-0.15, -0.1) is 0 Å². The van der Waals surface area contributed by atoms with Crippen LogP contribution in [-0.4, -0.2) is 23.8 Å². The van der Waals surface area contributed by atoms with Crippen LogP contribution in [0.5, 0.6) is 5.75 Å². The number of aryl methyl sites for hydroxylation is 1. The van der Waals surface area contributed by atoms with Crippen molar-refractivity contribution in [1.29, 1.82) is 0 Å².